The maximum absolute atomic E-state index is 11.3. The molecule has 4 rings (SSSR count). The van der Waals surface area contributed by atoms with Crippen LogP contribution in [0.4, 0.5) is 0 Å². The fourth-order valence-corrected chi connectivity index (χ4v) is 3.61. The van der Waals surface area contributed by atoms with Crippen molar-refractivity contribution in [3.63, 3.8) is 0 Å². The van der Waals surface area contributed by atoms with Crippen LogP contribution in [-0.4, -0.2) is 28.9 Å². The molecule has 2 aromatic heterocycles. The van der Waals surface area contributed by atoms with Gasteiger partial charge in [0.05, 0.1) is 5.69 Å². The molecule has 0 aliphatic carbocycles. The maximum atomic E-state index is 11.3. The third-order valence-electron chi connectivity index (χ3n) is 5.46. The third-order valence-corrected chi connectivity index (χ3v) is 5.46. The highest BCUT2D eigenvalue weighted by atomic mass is 16.5. The molecule has 0 saturated heterocycles. The summed E-state index contributed by atoms with van der Waals surface area (Å²) in [5, 5.41) is 13.2. The maximum Gasteiger partial charge on any atom is 0.333 e. The summed E-state index contributed by atoms with van der Waals surface area (Å²) in [6.45, 7) is 6.30. The van der Waals surface area contributed by atoms with E-state index in [4.69, 9.17) is 18.4 Å². The van der Waals surface area contributed by atoms with Crippen molar-refractivity contribution in [2.45, 2.75) is 39.9 Å². The average Bonchev–Trinajstić information content (AvgIpc) is 3.43. The lowest BCUT2D eigenvalue weighted by Gasteiger charge is -2.12. The molecule has 4 aromatic rings. The number of aromatic nitrogens is 1. The first kappa shape index (κ1) is 23.3. The molecule has 0 radical (unpaired) electrons. The van der Waals surface area contributed by atoms with E-state index in [0.29, 0.717) is 18.8 Å². The van der Waals surface area contributed by atoms with E-state index in [1.807, 2.05) is 74.5 Å². The van der Waals surface area contributed by atoms with E-state index in [9.17, 15) is 9.90 Å². The number of carboxylic acid groups (broad SMARTS) is 1. The molecule has 1 unspecified atom stereocenters. The minimum atomic E-state index is -0.964. The first-order valence-corrected chi connectivity index (χ1v) is 11.1. The summed E-state index contributed by atoms with van der Waals surface area (Å²) in [5.74, 6) is 1.96. The number of hydrogen-bond donors (Lipinski definition) is 1. The Bertz CT molecular complexity index is 1240. The Balaban J connectivity index is 1.38. The Hall–Kier alpha value is -3.84. The van der Waals surface area contributed by atoms with Crippen molar-refractivity contribution in [1.82, 2.24) is 5.16 Å². The predicted octanol–water partition coefficient (Wildman–Crippen LogP) is 5.83. The van der Waals surface area contributed by atoms with Gasteiger partial charge in [0.2, 0.25) is 0 Å². The van der Waals surface area contributed by atoms with Crippen LogP contribution in [0.5, 0.6) is 5.75 Å². The van der Waals surface area contributed by atoms with Gasteiger partial charge >= 0.3 is 5.97 Å². The Morgan fingerprint density at radius 3 is 2.26 bits per heavy atom. The number of carboxylic acids is 1. The van der Waals surface area contributed by atoms with Gasteiger partial charge in [-0.05, 0) is 50.1 Å². The van der Waals surface area contributed by atoms with Crippen molar-refractivity contribution in [2.24, 2.45) is 0 Å². The van der Waals surface area contributed by atoms with Crippen LogP contribution in [0, 0.1) is 13.8 Å². The van der Waals surface area contributed by atoms with Crippen LogP contribution in [0.25, 0.3) is 22.6 Å². The van der Waals surface area contributed by atoms with E-state index in [1.165, 1.54) is 0 Å². The summed E-state index contributed by atoms with van der Waals surface area (Å²) in [6, 6.07) is 19.2. The van der Waals surface area contributed by atoms with E-state index < -0.39 is 12.1 Å². The summed E-state index contributed by atoms with van der Waals surface area (Å²) in [7, 11) is 0. The zero-order valence-electron chi connectivity index (χ0n) is 19.4. The molecule has 2 heterocycles. The molecular formula is C27H27NO6. The molecule has 0 spiro atoms. The number of carbonyl (C=O) groups is 1. The minimum absolute atomic E-state index is 0.289. The van der Waals surface area contributed by atoms with Crippen molar-refractivity contribution >= 4 is 5.97 Å². The van der Waals surface area contributed by atoms with Crippen molar-refractivity contribution in [1.29, 1.82) is 0 Å². The average molecular weight is 462 g/mol. The Morgan fingerprint density at radius 2 is 1.68 bits per heavy atom. The van der Waals surface area contributed by atoms with Gasteiger partial charge in [-0.15, -0.1) is 0 Å². The van der Waals surface area contributed by atoms with E-state index >= 15 is 0 Å². The van der Waals surface area contributed by atoms with Gasteiger partial charge in [0.1, 0.15) is 23.9 Å². The first-order chi connectivity index (χ1) is 16.4. The lowest BCUT2D eigenvalue weighted by Crippen LogP contribution is -2.26. The van der Waals surface area contributed by atoms with Crippen molar-refractivity contribution in [3.8, 4) is 28.4 Å². The number of rotatable bonds is 10. The zero-order chi connectivity index (χ0) is 24.1. The molecule has 176 valence electrons. The van der Waals surface area contributed by atoms with Crippen LogP contribution >= 0.6 is 0 Å². The van der Waals surface area contributed by atoms with Crippen molar-refractivity contribution in [3.05, 3.63) is 83.2 Å². The van der Waals surface area contributed by atoms with E-state index in [1.54, 1.807) is 6.92 Å². The normalized spacial score (nSPS) is 12.0. The molecule has 0 saturated carbocycles. The number of aryl methyl sites for hydroxylation is 2. The lowest BCUT2D eigenvalue weighted by atomic mass is 10.1. The molecule has 34 heavy (non-hydrogen) atoms. The number of hydrogen-bond acceptors (Lipinski definition) is 6. The lowest BCUT2D eigenvalue weighted by molar-refractivity contribution is -0.149. The van der Waals surface area contributed by atoms with Gasteiger partial charge in [0.15, 0.2) is 11.9 Å². The Morgan fingerprint density at radius 1 is 1.00 bits per heavy atom. The van der Waals surface area contributed by atoms with Crippen LogP contribution in [-0.2, 0) is 22.6 Å². The molecule has 0 amide bonds. The second-order valence-corrected chi connectivity index (χ2v) is 8.05. The van der Waals surface area contributed by atoms with Crippen LogP contribution in [0.15, 0.2) is 69.6 Å². The van der Waals surface area contributed by atoms with Gasteiger partial charge in [0.25, 0.3) is 0 Å². The summed E-state index contributed by atoms with van der Waals surface area (Å²) in [5.41, 5.74) is 4.63. The first-order valence-electron chi connectivity index (χ1n) is 11.1. The second-order valence-electron chi connectivity index (χ2n) is 8.05. The number of ether oxygens (including phenoxy) is 2. The minimum Gasteiger partial charge on any atom is -0.486 e. The highest BCUT2D eigenvalue weighted by Gasteiger charge is 2.18. The smallest absolute Gasteiger partial charge is 0.333 e. The highest BCUT2D eigenvalue weighted by Crippen LogP contribution is 2.29. The van der Waals surface area contributed by atoms with Gasteiger partial charge in [-0.2, -0.15) is 0 Å². The molecule has 7 nitrogen and oxygen atoms in total. The van der Waals surface area contributed by atoms with E-state index in [0.717, 1.165) is 45.2 Å². The molecule has 7 heteroatoms. The number of benzene rings is 2. The number of nitrogens with zero attached hydrogens (tertiary/aromatic N) is 1. The molecule has 0 bridgehead atoms. The Labute approximate surface area is 197 Å². The molecule has 1 N–H and O–H groups in total. The molecular weight excluding hydrogens is 434 g/mol. The van der Waals surface area contributed by atoms with Crippen LogP contribution in [0.1, 0.15) is 29.5 Å². The molecule has 0 fully saturated rings. The topological polar surface area (TPSA) is 94.9 Å². The van der Waals surface area contributed by atoms with Gasteiger partial charge in [-0.3, -0.25) is 0 Å². The number of furan rings is 1. The summed E-state index contributed by atoms with van der Waals surface area (Å²) in [4.78, 5) is 11.3. The molecule has 0 aliphatic heterocycles. The van der Waals surface area contributed by atoms with Gasteiger partial charge in [0, 0.05) is 30.2 Å². The summed E-state index contributed by atoms with van der Waals surface area (Å²) < 4.78 is 22.5. The van der Waals surface area contributed by atoms with Crippen molar-refractivity contribution < 1.29 is 28.3 Å². The number of aliphatic carboxylic acids is 1. The predicted molar refractivity (Wildman–Crippen MR) is 127 cm³/mol. The van der Waals surface area contributed by atoms with Gasteiger partial charge in [-0.1, -0.05) is 41.6 Å². The fourth-order valence-electron chi connectivity index (χ4n) is 3.61. The highest BCUT2D eigenvalue weighted by molar-refractivity contribution is 5.72. The largest absolute Gasteiger partial charge is 0.486 e. The van der Waals surface area contributed by atoms with E-state index in [2.05, 4.69) is 5.16 Å². The molecule has 0 aliphatic rings. The Kier molecular flexibility index (Phi) is 7.13. The monoisotopic (exact) mass is 461 g/mol. The molecule has 2 aromatic carbocycles. The van der Waals surface area contributed by atoms with Gasteiger partial charge in [-0.25, -0.2) is 4.79 Å². The van der Waals surface area contributed by atoms with Crippen LogP contribution in [0.2, 0.25) is 0 Å². The SMILES string of the molecule is CCOC(Cc1ccc(OCc2oc(-c3ccc(-c4cc(C)no4)cc3)cc2C)cc1)C(=O)O. The summed E-state index contributed by atoms with van der Waals surface area (Å²) >= 11 is 0. The quantitative estimate of drug-likeness (QED) is 0.317. The van der Waals surface area contributed by atoms with E-state index in [-0.39, 0.29) is 6.61 Å². The fraction of sp³-hybridized carbons (Fsp3) is 0.259. The zero-order valence-corrected chi connectivity index (χ0v) is 19.4. The van der Waals surface area contributed by atoms with Crippen LogP contribution < -0.4 is 4.74 Å². The van der Waals surface area contributed by atoms with Crippen molar-refractivity contribution in [2.75, 3.05) is 6.61 Å². The molecule has 1 atom stereocenters. The van der Waals surface area contributed by atoms with Gasteiger partial charge < -0.3 is 23.5 Å². The third kappa shape index (κ3) is 5.55. The standard InChI is InChI=1S/C27H27NO6/c1-4-31-25(27(29)30)15-19-5-11-22(12-6-19)32-16-26-17(2)13-23(33-26)20-7-9-21(10-8-20)24-14-18(3)28-34-24/h5-14,25H,4,15-16H2,1-3H3,(H,29,30). The van der Waals surface area contributed by atoms with Crippen LogP contribution in [0.3, 0.4) is 0 Å². The second kappa shape index (κ2) is 10.4. The summed E-state index contributed by atoms with van der Waals surface area (Å²) in [6.07, 6.45) is -0.547.